The van der Waals surface area contributed by atoms with E-state index in [4.69, 9.17) is 5.11 Å². The van der Waals surface area contributed by atoms with Crippen molar-refractivity contribution < 1.29 is 14.6 Å². The van der Waals surface area contributed by atoms with Crippen molar-refractivity contribution in [1.29, 1.82) is 0 Å². The van der Waals surface area contributed by atoms with Crippen molar-refractivity contribution in [1.82, 2.24) is 0 Å². The van der Waals surface area contributed by atoms with Crippen molar-refractivity contribution in [2.45, 2.75) is 6.61 Å². The lowest BCUT2D eigenvalue weighted by Crippen LogP contribution is -2.04. The molecule has 0 atom stereocenters. The lowest BCUT2D eigenvalue weighted by molar-refractivity contribution is 0.0599. The second-order valence-corrected chi connectivity index (χ2v) is 3.63. The molecule has 0 radical (unpaired) electrons. The second kappa shape index (κ2) is 4.57. The third-order valence-electron chi connectivity index (χ3n) is 1.62. The molecule has 1 aromatic carbocycles. The quantitative estimate of drug-likeness (QED) is 0.665. The number of halogens is 1. The molecule has 0 aromatic heterocycles. The van der Waals surface area contributed by atoms with Crippen LogP contribution in [0.2, 0.25) is 0 Å². The molecule has 0 fully saturated rings. The van der Waals surface area contributed by atoms with Crippen LogP contribution in [0.5, 0.6) is 0 Å². The highest BCUT2D eigenvalue weighted by atomic mass is 127. The predicted molar refractivity (Wildman–Crippen MR) is 56.4 cm³/mol. The summed E-state index contributed by atoms with van der Waals surface area (Å²) >= 11 is 2.05. The maximum atomic E-state index is 11.2. The zero-order valence-electron chi connectivity index (χ0n) is 7.08. The summed E-state index contributed by atoms with van der Waals surface area (Å²) in [4.78, 5) is 11.2. The summed E-state index contributed by atoms with van der Waals surface area (Å²) in [5, 5.41) is 8.85. The Morgan fingerprint density at radius 1 is 1.62 bits per heavy atom. The number of methoxy groups -OCH3 is 1. The predicted octanol–water partition coefficient (Wildman–Crippen LogP) is 1.57. The average molecular weight is 292 g/mol. The van der Waals surface area contributed by atoms with Crippen LogP contribution >= 0.6 is 22.6 Å². The Hall–Kier alpha value is -0.620. The molecule has 0 aliphatic rings. The van der Waals surface area contributed by atoms with Crippen molar-refractivity contribution in [3.05, 3.63) is 32.9 Å². The third-order valence-corrected chi connectivity index (χ3v) is 2.56. The summed E-state index contributed by atoms with van der Waals surface area (Å²) < 4.78 is 5.41. The molecule has 1 N–H and O–H groups in total. The minimum atomic E-state index is -0.375. The van der Waals surface area contributed by atoms with E-state index in [2.05, 4.69) is 4.74 Å². The van der Waals surface area contributed by atoms with Gasteiger partial charge in [0.2, 0.25) is 0 Å². The molecule has 0 amide bonds. The molecule has 0 spiro atoms. The lowest BCUT2D eigenvalue weighted by Gasteiger charge is -2.03. The second-order valence-electron chi connectivity index (χ2n) is 2.46. The number of aliphatic hydroxyl groups excluding tert-OH is 1. The molecule has 0 saturated heterocycles. The zero-order chi connectivity index (χ0) is 9.84. The minimum Gasteiger partial charge on any atom is -0.465 e. The van der Waals surface area contributed by atoms with Crippen LogP contribution in [0.3, 0.4) is 0 Å². The number of ether oxygens (including phenoxy) is 1. The highest BCUT2D eigenvalue weighted by Crippen LogP contribution is 2.15. The molecule has 0 unspecified atom stereocenters. The Morgan fingerprint density at radius 2 is 2.31 bits per heavy atom. The van der Waals surface area contributed by atoms with Gasteiger partial charge in [-0.25, -0.2) is 4.79 Å². The molecular weight excluding hydrogens is 283 g/mol. The fraction of sp³-hybridized carbons (Fsp3) is 0.222. The molecule has 0 aliphatic carbocycles. The summed E-state index contributed by atoms with van der Waals surface area (Å²) in [6, 6.07) is 5.18. The number of carbonyl (C=O) groups is 1. The van der Waals surface area contributed by atoms with Crippen molar-refractivity contribution in [3.63, 3.8) is 0 Å². The first-order valence-electron chi connectivity index (χ1n) is 3.66. The summed E-state index contributed by atoms with van der Waals surface area (Å²) in [7, 11) is 1.34. The van der Waals surface area contributed by atoms with Gasteiger partial charge in [-0.2, -0.15) is 0 Å². The summed E-state index contributed by atoms with van der Waals surface area (Å²) in [6.07, 6.45) is 0. The van der Waals surface area contributed by atoms with E-state index in [1.54, 1.807) is 18.2 Å². The average Bonchev–Trinajstić information content (AvgIpc) is 2.17. The van der Waals surface area contributed by atoms with E-state index in [9.17, 15) is 4.79 Å². The maximum Gasteiger partial charge on any atom is 0.338 e. The van der Waals surface area contributed by atoms with Crippen LogP contribution in [0.15, 0.2) is 18.2 Å². The van der Waals surface area contributed by atoms with Crippen LogP contribution in [-0.4, -0.2) is 18.2 Å². The number of esters is 1. The highest BCUT2D eigenvalue weighted by Gasteiger charge is 2.10. The normalized spacial score (nSPS) is 9.77. The van der Waals surface area contributed by atoms with Gasteiger partial charge in [-0.3, -0.25) is 0 Å². The van der Waals surface area contributed by atoms with Crippen LogP contribution in [0, 0.1) is 3.57 Å². The monoisotopic (exact) mass is 292 g/mol. The van der Waals surface area contributed by atoms with Crippen LogP contribution in [0.1, 0.15) is 15.9 Å². The van der Waals surface area contributed by atoms with Crippen LogP contribution in [-0.2, 0) is 11.3 Å². The molecule has 70 valence electrons. The van der Waals surface area contributed by atoms with Crippen molar-refractivity contribution >= 4 is 28.6 Å². The largest absolute Gasteiger partial charge is 0.465 e. The van der Waals surface area contributed by atoms with Gasteiger partial charge in [-0.1, -0.05) is 6.07 Å². The maximum absolute atomic E-state index is 11.2. The van der Waals surface area contributed by atoms with Gasteiger partial charge in [0.05, 0.1) is 19.3 Å². The first-order valence-corrected chi connectivity index (χ1v) is 4.74. The molecule has 1 rings (SSSR count). The van der Waals surface area contributed by atoms with E-state index in [1.807, 2.05) is 22.6 Å². The molecule has 4 heteroatoms. The van der Waals surface area contributed by atoms with Gasteiger partial charge in [0.15, 0.2) is 0 Å². The fourth-order valence-electron chi connectivity index (χ4n) is 0.937. The first kappa shape index (κ1) is 10.5. The van der Waals surface area contributed by atoms with E-state index >= 15 is 0 Å². The van der Waals surface area contributed by atoms with E-state index in [0.717, 1.165) is 3.57 Å². The Balaban J connectivity index is 3.11. The summed E-state index contributed by atoms with van der Waals surface area (Å²) in [5.74, 6) is -0.375. The van der Waals surface area contributed by atoms with Gasteiger partial charge >= 0.3 is 5.97 Å². The summed E-state index contributed by atoms with van der Waals surface area (Å²) in [5.41, 5.74) is 1.20. The molecule has 0 bridgehead atoms. The number of hydrogen-bond donors (Lipinski definition) is 1. The molecular formula is C9H9IO3. The van der Waals surface area contributed by atoms with Crippen LogP contribution < -0.4 is 0 Å². The van der Waals surface area contributed by atoms with Gasteiger partial charge in [0, 0.05) is 3.57 Å². The van der Waals surface area contributed by atoms with E-state index in [1.165, 1.54) is 7.11 Å². The van der Waals surface area contributed by atoms with Gasteiger partial charge in [-0.15, -0.1) is 0 Å². The Labute approximate surface area is 89.9 Å². The standard InChI is InChI=1S/C9H9IO3/c1-13-9(12)7-4-6(5-11)2-3-8(7)10/h2-4,11H,5H2,1H3. The number of hydrogen-bond acceptors (Lipinski definition) is 3. The first-order chi connectivity index (χ1) is 6.19. The smallest absolute Gasteiger partial charge is 0.338 e. The van der Waals surface area contributed by atoms with Gasteiger partial charge in [-0.05, 0) is 40.3 Å². The van der Waals surface area contributed by atoms with E-state index in [-0.39, 0.29) is 12.6 Å². The molecule has 0 saturated carbocycles. The summed E-state index contributed by atoms with van der Waals surface area (Å²) in [6.45, 7) is -0.0685. The van der Waals surface area contributed by atoms with Gasteiger partial charge in [0.1, 0.15) is 0 Å². The molecule has 0 aliphatic heterocycles. The number of rotatable bonds is 2. The van der Waals surface area contributed by atoms with Gasteiger partial charge < -0.3 is 9.84 Å². The lowest BCUT2D eigenvalue weighted by atomic mass is 10.1. The Morgan fingerprint density at radius 3 is 2.85 bits per heavy atom. The number of carbonyl (C=O) groups excluding carboxylic acids is 1. The molecule has 0 heterocycles. The Kier molecular flexibility index (Phi) is 3.68. The van der Waals surface area contributed by atoms with E-state index in [0.29, 0.717) is 11.1 Å². The van der Waals surface area contributed by atoms with E-state index < -0.39 is 0 Å². The highest BCUT2D eigenvalue weighted by molar-refractivity contribution is 14.1. The molecule has 13 heavy (non-hydrogen) atoms. The molecule has 1 aromatic rings. The third kappa shape index (κ3) is 2.41. The van der Waals surface area contributed by atoms with Crippen molar-refractivity contribution in [2.75, 3.05) is 7.11 Å². The zero-order valence-corrected chi connectivity index (χ0v) is 9.24. The minimum absolute atomic E-state index is 0.0685. The fourth-order valence-corrected chi connectivity index (χ4v) is 1.49. The van der Waals surface area contributed by atoms with Crippen molar-refractivity contribution in [3.8, 4) is 0 Å². The van der Waals surface area contributed by atoms with Gasteiger partial charge in [0.25, 0.3) is 0 Å². The topological polar surface area (TPSA) is 46.5 Å². The SMILES string of the molecule is COC(=O)c1cc(CO)ccc1I. The number of aliphatic hydroxyl groups is 1. The van der Waals surface area contributed by atoms with Crippen LogP contribution in [0.4, 0.5) is 0 Å². The molecule has 3 nitrogen and oxygen atoms in total. The van der Waals surface area contributed by atoms with Crippen molar-refractivity contribution in [2.24, 2.45) is 0 Å². The number of benzene rings is 1. The van der Waals surface area contributed by atoms with Crippen LogP contribution in [0.25, 0.3) is 0 Å². The Bertz CT molecular complexity index is 323.